The SMILES string of the molecule is CC1CCC1C1C(C)C1C. The first-order valence-corrected chi connectivity index (χ1v) is 4.72. The number of hydrogen-bond acceptors (Lipinski definition) is 0. The Morgan fingerprint density at radius 1 is 0.900 bits per heavy atom. The van der Waals surface area contributed by atoms with Gasteiger partial charge in [0.15, 0.2) is 0 Å². The average Bonchev–Trinajstić information content (AvgIpc) is 2.43. The van der Waals surface area contributed by atoms with E-state index >= 15 is 0 Å². The van der Waals surface area contributed by atoms with Crippen molar-refractivity contribution < 1.29 is 0 Å². The van der Waals surface area contributed by atoms with Gasteiger partial charge in [-0.15, -0.1) is 0 Å². The maximum Gasteiger partial charge on any atom is -0.0326 e. The third-order valence-corrected chi connectivity index (χ3v) is 4.08. The lowest BCUT2D eigenvalue weighted by molar-refractivity contribution is 0.157. The summed E-state index contributed by atoms with van der Waals surface area (Å²) in [6.45, 7) is 7.26. The van der Waals surface area contributed by atoms with Crippen LogP contribution in [0.15, 0.2) is 0 Å². The van der Waals surface area contributed by atoms with Gasteiger partial charge in [0, 0.05) is 0 Å². The molecule has 0 bridgehead atoms. The van der Waals surface area contributed by atoms with Gasteiger partial charge in [-0.1, -0.05) is 27.2 Å². The Morgan fingerprint density at radius 2 is 1.50 bits per heavy atom. The lowest BCUT2D eigenvalue weighted by Crippen LogP contribution is -2.25. The average molecular weight is 138 g/mol. The molecular weight excluding hydrogens is 120 g/mol. The highest BCUT2D eigenvalue weighted by atomic mass is 14.6. The Bertz CT molecular complexity index is 125. The molecule has 0 aromatic heterocycles. The minimum atomic E-state index is 1.05. The van der Waals surface area contributed by atoms with Crippen LogP contribution in [0.3, 0.4) is 0 Å². The summed E-state index contributed by atoms with van der Waals surface area (Å²) < 4.78 is 0. The molecule has 0 spiro atoms. The molecule has 0 nitrogen and oxygen atoms in total. The quantitative estimate of drug-likeness (QED) is 0.522. The van der Waals surface area contributed by atoms with E-state index in [9.17, 15) is 0 Å². The first kappa shape index (κ1) is 6.69. The van der Waals surface area contributed by atoms with Crippen LogP contribution in [0.2, 0.25) is 0 Å². The van der Waals surface area contributed by atoms with Crippen LogP contribution >= 0.6 is 0 Å². The van der Waals surface area contributed by atoms with Crippen molar-refractivity contribution in [2.24, 2.45) is 29.6 Å². The van der Waals surface area contributed by atoms with Gasteiger partial charge >= 0.3 is 0 Å². The lowest BCUT2D eigenvalue weighted by atomic mass is 9.71. The fraction of sp³-hybridized carbons (Fsp3) is 1.00. The zero-order valence-electron chi connectivity index (χ0n) is 7.30. The monoisotopic (exact) mass is 138 g/mol. The second-order valence-electron chi connectivity index (χ2n) is 4.51. The topological polar surface area (TPSA) is 0 Å². The molecular formula is C10H18. The van der Waals surface area contributed by atoms with Crippen molar-refractivity contribution in [2.75, 3.05) is 0 Å². The van der Waals surface area contributed by atoms with E-state index in [1.54, 1.807) is 0 Å². The first-order chi connectivity index (χ1) is 4.72. The summed E-state index contributed by atoms with van der Waals surface area (Å²) in [6.07, 6.45) is 3.03. The Morgan fingerprint density at radius 3 is 1.60 bits per heavy atom. The Labute approximate surface area is 64.0 Å². The Kier molecular flexibility index (Phi) is 1.33. The molecule has 10 heavy (non-hydrogen) atoms. The zero-order chi connectivity index (χ0) is 7.30. The third kappa shape index (κ3) is 0.741. The van der Waals surface area contributed by atoms with Gasteiger partial charge in [-0.05, 0) is 36.0 Å². The maximum atomic E-state index is 2.42. The summed E-state index contributed by atoms with van der Waals surface area (Å²) in [5.74, 6) is 5.38. The molecule has 0 saturated heterocycles. The summed E-state index contributed by atoms with van der Waals surface area (Å²) >= 11 is 0. The summed E-state index contributed by atoms with van der Waals surface area (Å²) in [4.78, 5) is 0. The van der Waals surface area contributed by atoms with Crippen molar-refractivity contribution in [1.82, 2.24) is 0 Å². The molecule has 4 unspecified atom stereocenters. The van der Waals surface area contributed by atoms with Gasteiger partial charge in [0.25, 0.3) is 0 Å². The summed E-state index contributed by atoms with van der Waals surface area (Å²) in [6, 6.07) is 0. The van der Waals surface area contributed by atoms with E-state index < -0.39 is 0 Å². The van der Waals surface area contributed by atoms with Gasteiger partial charge in [0.1, 0.15) is 0 Å². The second-order valence-corrected chi connectivity index (χ2v) is 4.51. The zero-order valence-corrected chi connectivity index (χ0v) is 7.30. The van der Waals surface area contributed by atoms with E-state index in [2.05, 4.69) is 20.8 Å². The van der Waals surface area contributed by atoms with Crippen molar-refractivity contribution in [3.63, 3.8) is 0 Å². The van der Waals surface area contributed by atoms with Crippen LogP contribution in [0.4, 0.5) is 0 Å². The van der Waals surface area contributed by atoms with Crippen molar-refractivity contribution in [3.8, 4) is 0 Å². The highest BCUT2D eigenvalue weighted by Gasteiger charge is 2.51. The minimum absolute atomic E-state index is 1.05. The van der Waals surface area contributed by atoms with E-state index in [0.29, 0.717) is 0 Å². The van der Waals surface area contributed by atoms with Crippen molar-refractivity contribution in [2.45, 2.75) is 33.6 Å². The first-order valence-electron chi connectivity index (χ1n) is 4.72. The molecule has 2 saturated carbocycles. The van der Waals surface area contributed by atoms with Crippen LogP contribution < -0.4 is 0 Å². The molecule has 2 aliphatic carbocycles. The van der Waals surface area contributed by atoms with Crippen molar-refractivity contribution in [3.05, 3.63) is 0 Å². The molecule has 0 aromatic rings. The number of hydrogen-bond donors (Lipinski definition) is 0. The summed E-state index contributed by atoms with van der Waals surface area (Å²) in [5, 5.41) is 0. The molecule has 0 aromatic carbocycles. The number of rotatable bonds is 1. The minimum Gasteiger partial charge on any atom is -0.0622 e. The van der Waals surface area contributed by atoms with Crippen LogP contribution in [0.5, 0.6) is 0 Å². The molecule has 0 aliphatic heterocycles. The molecule has 2 fully saturated rings. The molecule has 0 amide bonds. The van der Waals surface area contributed by atoms with Gasteiger partial charge in [-0.3, -0.25) is 0 Å². The standard InChI is InChI=1S/C10H18/c1-6-4-5-9(6)10-7(2)8(10)3/h6-10H,4-5H2,1-3H3. The van der Waals surface area contributed by atoms with Crippen LogP contribution in [0, 0.1) is 29.6 Å². The van der Waals surface area contributed by atoms with Crippen LogP contribution in [-0.4, -0.2) is 0 Å². The predicted molar refractivity (Wildman–Crippen MR) is 43.7 cm³/mol. The van der Waals surface area contributed by atoms with Gasteiger partial charge in [-0.25, -0.2) is 0 Å². The highest BCUT2D eigenvalue weighted by molar-refractivity contribution is 4.99. The van der Waals surface area contributed by atoms with E-state index in [4.69, 9.17) is 0 Å². The molecule has 0 radical (unpaired) electrons. The molecule has 58 valence electrons. The lowest BCUT2D eigenvalue weighted by Gasteiger charge is -2.34. The van der Waals surface area contributed by atoms with Crippen molar-refractivity contribution >= 4 is 0 Å². The van der Waals surface area contributed by atoms with E-state index in [0.717, 1.165) is 29.6 Å². The van der Waals surface area contributed by atoms with Crippen LogP contribution in [0.25, 0.3) is 0 Å². The second kappa shape index (κ2) is 1.99. The van der Waals surface area contributed by atoms with E-state index in [1.807, 2.05) is 0 Å². The normalized spacial score (nSPS) is 59.7. The molecule has 2 aliphatic rings. The van der Waals surface area contributed by atoms with Gasteiger partial charge in [0.05, 0.1) is 0 Å². The maximum absolute atomic E-state index is 2.42. The molecule has 4 atom stereocenters. The fourth-order valence-electron chi connectivity index (χ4n) is 2.75. The Balaban J connectivity index is 1.90. The molecule has 0 heteroatoms. The van der Waals surface area contributed by atoms with E-state index in [-0.39, 0.29) is 0 Å². The largest absolute Gasteiger partial charge is 0.0622 e. The van der Waals surface area contributed by atoms with Crippen LogP contribution in [-0.2, 0) is 0 Å². The van der Waals surface area contributed by atoms with Gasteiger partial charge < -0.3 is 0 Å². The highest BCUT2D eigenvalue weighted by Crippen LogP contribution is 2.57. The summed E-state index contributed by atoms with van der Waals surface area (Å²) in [7, 11) is 0. The molecule has 0 N–H and O–H groups in total. The molecule has 2 rings (SSSR count). The van der Waals surface area contributed by atoms with Gasteiger partial charge in [0.2, 0.25) is 0 Å². The smallest absolute Gasteiger partial charge is 0.0326 e. The Hall–Kier alpha value is 0. The van der Waals surface area contributed by atoms with Crippen molar-refractivity contribution in [1.29, 1.82) is 0 Å². The fourth-order valence-corrected chi connectivity index (χ4v) is 2.75. The molecule has 0 heterocycles. The predicted octanol–water partition coefficient (Wildman–Crippen LogP) is 2.93. The van der Waals surface area contributed by atoms with Gasteiger partial charge in [-0.2, -0.15) is 0 Å². The summed E-state index contributed by atoms with van der Waals surface area (Å²) in [5.41, 5.74) is 0. The van der Waals surface area contributed by atoms with E-state index in [1.165, 1.54) is 12.8 Å². The van der Waals surface area contributed by atoms with Crippen LogP contribution in [0.1, 0.15) is 33.6 Å². The third-order valence-electron chi connectivity index (χ3n) is 4.08.